The van der Waals surface area contributed by atoms with E-state index in [2.05, 4.69) is 10.4 Å². The van der Waals surface area contributed by atoms with Crippen LogP contribution in [0.1, 0.15) is 21.5 Å². The van der Waals surface area contributed by atoms with Crippen molar-refractivity contribution in [2.45, 2.75) is 11.8 Å². The molecule has 9 heteroatoms. The summed E-state index contributed by atoms with van der Waals surface area (Å²) in [5, 5.41) is 18.8. The molecule has 36 heavy (non-hydrogen) atoms. The zero-order valence-corrected chi connectivity index (χ0v) is 18.8. The number of aliphatic hydroxyl groups is 1. The van der Waals surface area contributed by atoms with Gasteiger partial charge in [0.2, 0.25) is 5.60 Å². The molecule has 1 aromatic heterocycles. The van der Waals surface area contributed by atoms with E-state index in [4.69, 9.17) is 0 Å². The lowest BCUT2D eigenvalue weighted by Crippen LogP contribution is -2.43. The fourth-order valence-electron chi connectivity index (χ4n) is 4.47. The van der Waals surface area contributed by atoms with Gasteiger partial charge in [0, 0.05) is 23.6 Å². The molecule has 0 radical (unpaired) electrons. The molecule has 2 N–H and O–H groups in total. The summed E-state index contributed by atoms with van der Waals surface area (Å²) in [6.07, 6.45) is -3.71. The third-order valence-electron chi connectivity index (χ3n) is 6.25. The molecule has 1 atom stereocenters. The van der Waals surface area contributed by atoms with Gasteiger partial charge in [-0.05, 0) is 58.8 Å². The fraction of sp³-hybridized carbons (Fsp3) is 0.111. The van der Waals surface area contributed by atoms with Crippen LogP contribution in [0.2, 0.25) is 0 Å². The van der Waals surface area contributed by atoms with Crippen LogP contribution in [0.3, 0.4) is 0 Å². The van der Waals surface area contributed by atoms with Crippen molar-refractivity contribution in [2.24, 2.45) is 0 Å². The van der Waals surface area contributed by atoms with Gasteiger partial charge in [0.1, 0.15) is 5.82 Å². The molecular formula is C27H19F4N3O2. The van der Waals surface area contributed by atoms with Gasteiger partial charge < -0.3 is 10.4 Å². The van der Waals surface area contributed by atoms with Crippen LogP contribution in [0.4, 0.5) is 17.6 Å². The van der Waals surface area contributed by atoms with Gasteiger partial charge in [-0.25, -0.2) is 9.07 Å². The maximum atomic E-state index is 14.7. The second-order valence-corrected chi connectivity index (χ2v) is 8.30. The molecule has 0 bridgehead atoms. The summed E-state index contributed by atoms with van der Waals surface area (Å²) < 4.78 is 58.7. The molecule has 0 aliphatic rings. The van der Waals surface area contributed by atoms with Gasteiger partial charge in [-0.1, -0.05) is 36.4 Å². The molecule has 0 saturated heterocycles. The minimum absolute atomic E-state index is 0.0977. The Labute approximate surface area is 202 Å². The van der Waals surface area contributed by atoms with E-state index in [1.165, 1.54) is 78.6 Å². The lowest BCUT2D eigenvalue weighted by molar-refractivity contribution is -0.247. The number of hydrogen-bond acceptors (Lipinski definition) is 3. The zero-order valence-electron chi connectivity index (χ0n) is 18.8. The number of fused-ring (bicyclic) bond motifs is 2. The Morgan fingerprint density at radius 3 is 2.31 bits per heavy atom. The molecule has 0 aliphatic heterocycles. The topological polar surface area (TPSA) is 67.2 Å². The van der Waals surface area contributed by atoms with Gasteiger partial charge in [0.15, 0.2) is 0 Å². The Morgan fingerprint density at radius 1 is 0.944 bits per heavy atom. The van der Waals surface area contributed by atoms with E-state index in [1.807, 2.05) is 0 Å². The molecule has 1 unspecified atom stereocenters. The maximum absolute atomic E-state index is 14.7. The van der Waals surface area contributed by atoms with Crippen LogP contribution in [0, 0.1) is 5.82 Å². The Morgan fingerprint density at radius 2 is 1.64 bits per heavy atom. The molecule has 1 amide bonds. The molecular weight excluding hydrogens is 474 g/mol. The molecule has 1 heterocycles. The lowest BCUT2D eigenvalue weighted by Gasteiger charge is -2.33. The van der Waals surface area contributed by atoms with Crippen LogP contribution in [0.5, 0.6) is 0 Å². The number of alkyl halides is 3. The number of hydrogen-bond donors (Lipinski definition) is 2. The average molecular weight is 493 g/mol. The zero-order chi connectivity index (χ0) is 25.7. The van der Waals surface area contributed by atoms with Crippen molar-refractivity contribution >= 4 is 27.6 Å². The molecule has 182 valence electrons. The third kappa shape index (κ3) is 3.59. The normalized spacial score (nSPS) is 13.6. The number of carbonyl (C=O) groups is 1. The highest BCUT2D eigenvalue weighted by atomic mass is 19.4. The van der Waals surface area contributed by atoms with E-state index in [1.54, 1.807) is 12.1 Å². The van der Waals surface area contributed by atoms with Crippen molar-refractivity contribution in [1.82, 2.24) is 15.1 Å². The number of amides is 1. The van der Waals surface area contributed by atoms with E-state index >= 15 is 0 Å². The number of aromatic nitrogens is 2. The van der Waals surface area contributed by atoms with Crippen molar-refractivity contribution in [3.63, 3.8) is 0 Å². The molecule has 5 nitrogen and oxygen atoms in total. The summed E-state index contributed by atoms with van der Waals surface area (Å²) in [4.78, 5) is 12.3. The molecule has 0 saturated carbocycles. The van der Waals surface area contributed by atoms with Gasteiger partial charge >= 0.3 is 6.18 Å². The first-order valence-corrected chi connectivity index (χ1v) is 10.9. The van der Waals surface area contributed by atoms with E-state index in [-0.39, 0.29) is 16.3 Å². The van der Waals surface area contributed by atoms with Crippen LogP contribution >= 0.6 is 0 Å². The van der Waals surface area contributed by atoms with E-state index in [9.17, 15) is 27.5 Å². The number of nitrogens with zero attached hydrogens (tertiary/aromatic N) is 2. The standard InChI is InChI=1S/C27H19F4N3O2/c1-32-25(35)22-11-12-23(21-5-3-2-4-20(21)22)26(36,27(29,30)31)17-6-13-24-16(14-17)15-33-34(24)19-9-7-18(28)8-10-19/h2-15,36H,1H3,(H,32,35). The first kappa shape index (κ1) is 23.5. The van der Waals surface area contributed by atoms with Crippen molar-refractivity contribution in [3.8, 4) is 5.69 Å². The number of rotatable bonds is 4. The minimum atomic E-state index is -5.09. The second kappa shape index (κ2) is 8.46. The van der Waals surface area contributed by atoms with Crippen LogP contribution in [-0.2, 0) is 5.60 Å². The van der Waals surface area contributed by atoms with Crippen molar-refractivity contribution in [2.75, 3.05) is 7.05 Å². The van der Waals surface area contributed by atoms with Crippen molar-refractivity contribution in [1.29, 1.82) is 0 Å². The SMILES string of the molecule is CNC(=O)c1ccc(C(O)(c2ccc3c(cnn3-c3ccc(F)cc3)c2)C(F)(F)F)c2ccccc12. The number of nitrogens with one attached hydrogen (secondary N) is 1. The quantitative estimate of drug-likeness (QED) is 0.326. The Bertz CT molecular complexity index is 1610. The van der Waals surface area contributed by atoms with Crippen LogP contribution in [-0.4, -0.2) is 34.0 Å². The van der Waals surface area contributed by atoms with Crippen molar-refractivity contribution in [3.05, 3.63) is 108 Å². The first-order chi connectivity index (χ1) is 17.1. The van der Waals surface area contributed by atoms with Gasteiger partial charge in [-0.15, -0.1) is 0 Å². The molecule has 0 spiro atoms. The Kier molecular flexibility index (Phi) is 5.52. The van der Waals surface area contributed by atoms with Crippen molar-refractivity contribution < 1.29 is 27.5 Å². The maximum Gasteiger partial charge on any atom is 0.425 e. The van der Waals surface area contributed by atoms with E-state index < -0.39 is 34.6 Å². The van der Waals surface area contributed by atoms with Gasteiger partial charge in [-0.2, -0.15) is 18.3 Å². The van der Waals surface area contributed by atoms with Gasteiger partial charge in [0.05, 0.1) is 17.4 Å². The van der Waals surface area contributed by atoms with Gasteiger partial charge in [0.25, 0.3) is 5.91 Å². The summed E-state index contributed by atoms with van der Waals surface area (Å²) in [7, 11) is 1.43. The highest BCUT2D eigenvalue weighted by molar-refractivity contribution is 6.08. The predicted molar refractivity (Wildman–Crippen MR) is 127 cm³/mol. The van der Waals surface area contributed by atoms with Crippen LogP contribution < -0.4 is 5.32 Å². The highest BCUT2D eigenvalue weighted by Gasteiger charge is 2.57. The molecule has 4 aromatic carbocycles. The molecule has 0 aliphatic carbocycles. The molecule has 5 aromatic rings. The summed E-state index contributed by atoms with van der Waals surface area (Å²) >= 11 is 0. The monoisotopic (exact) mass is 493 g/mol. The predicted octanol–water partition coefficient (Wildman–Crippen LogP) is 5.48. The van der Waals surface area contributed by atoms with E-state index in [0.29, 0.717) is 16.6 Å². The molecule has 5 rings (SSSR count). The number of carbonyl (C=O) groups excluding carboxylic acids is 1. The van der Waals surface area contributed by atoms with Crippen LogP contribution in [0.25, 0.3) is 27.4 Å². The molecule has 0 fully saturated rings. The first-order valence-electron chi connectivity index (χ1n) is 10.9. The largest absolute Gasteiger partial charge is 0.425 e. The summed E-state index contributed by atoms with van der Waals surface area (Å²) in [6.45, 7) is 0. The summed E-state index contributed by atoms with van der Waals surface area (Å²) in [6, 6.07) is 17.9. The number of benzene rings is 4. The second-order valence-electron chi connectivity index (χ2n) is 8.30. The Hall–Kier alpha value is -4.24. The summed E-state index contributed by atoms with van der Waals surface area (Å²) in [5.41, 5.74) is -2.98. The minimum Gasteiger partial charge on any atom is -0.372 e. The highest BCUT2D eigenvalue weighted by Crippen LogP contribution is 2.47. The number of halogens is 4. The smallest absolute Gasteiger partial charge is 0.372 e. The fourth-order valence-corrected chi connectivity index (χ4v) is 4.47. The Balaban J connectivity index is 1.72. The average Bonchev–Trinajstić information content (AvgIpc) is 3.30. The van der Waals surface area contributed by atoms with Crippen LogP contribution in [0.15, 0.2) is 85.1 Å². The van der Waals surface area contributed by atoms with Gasteiger partial charge in [-0.3, -0.25) is 4.79 Å². The third-order valence-corrected chi connectivity index (χ3v) is 6.25. The summed E-state index contributed by atoms with van der Waals surface area (Å²) in [5.74, 6) is -0.884. The van der Waals surface area contributed by atoms with E-state index in [0.717, 1.165) is 6.07 Å². The lowest BCUT2D eigenvalue weighted by atomic mass is 9.81.